The average Bonchev–Trinajstić information content (AvgIpc) is 2.92. The predicted molar refractivity (Wildman–Crippen MR) is 140 cm³/mol. The smallest absolute Gasteiger partial charge is 0.378 e. The fourth-order valence-electron chi connectivity index (χ4n) is 4.10. The van der Waals surface area contributed by atoms with Crippen LogP contribution in [0.5, 0.6) is 0 Å². The van der Waals surface area contributed by atoms with Crippen LogP contribution in [0.25, 0.3) is 6.08 Å². The zero-order chi connectivity index (χ0) is 29.6. The predicted octanol–water partition coefficient (Wildman–Crippen LogP) is 6.32. The third-order valence-electron chi connectivity index (χ3n) is 5.91. The van der Waals surface area contributed by atoms with Gasteiger partial charge < -0.3 is 15.0 Å². The first kappa shape index (κ1) is 30.1. The molecule has 0 radical (unpaired) electrons. The van der Waals surface area contributed by atoms with Crippen LogP contribution in [0.1, 0.15) is 22.4 Å². The Bertz CT molecular complexity index is 1420. The third kappa shape index (κ3) is 8.10. The van der Waals surface area contributed by atoms with Gasteiger partial charge in [-0.1, -0.05) is 30.0 Å². The van der Waals surface area contributed by atoms with Crippen LogP contribution in [0, 0.1) is 0 Å². The van der Waals surface area contributed by atoms with Crippen LogP contribution < -0.4 is 5.32 Å². The summed E-state index contributed by atoms with van der Waals surface area (Å²) in [5.74, 6) is -1.06. The highest BCUT2D eigenvalue weighted by Gasteiger charge is 2.46. The van der Waals surface area contributed by atoms with Gasteiger partial charge >= 0.3 is 12.4 Å². The zero-order valence-electron chi connectivity index (χ0n) is 21.3. The number of anilines is 1. The molecule has 1 saturated heterocycles. The molecule has 13 heteroatoms. The van der Waals surface area contributed by atoms with Crippen LogP contribution >= 0.6 is 11.8 Å². The Morgan fingerprint density at radius 1 is 0.951 bits per heavy atom. The van der Waals surface area contributed by atoms with Crippen LogP contribution in [0.15, 0.2) is 76.7 Å². The van der Waals surface area contributed by atoms with Crippen molar-refractivity contribution in [3.63, 3.8) is 0 Å². The molecule has 0 aliphatic carbocycles. The van der Waals surface area contributed by atoms with Gasteiger partial charge in [0.1, 0.15) is 0 Å². The van der Waals surface area contributed by atoms with Gasteiger partial charge in [0.15, 0.2) is 0 Å². The highest BCUT2D eigenvalue weighted by atomic mass is 32.2. The van der Waals surface area contributed by atoms with Crippen LogP contribution in [-0.2, 0) is 33.1 Å². The van der Waals surface area contributed by atoms with Crippen molar-refractivity contribution in [1.82, 2.24) is 9.88 Å². The molecule has 2 amide bonds. The van der Waals surface area contributed by atoms with Crippen molar-refractivity contribution < 1.29 is 40.7 Å². The number of hydrogen-bond acceptors (Lipinski definition) is 5. The number of alkyl halides is 6. The minimum absolute atomic E-state index is 0.0472. The summed E-state index contributed by atoms with van der Waals surface area (Å²) in [7, 11) is 0. The molecule has 0 atom stereocenters. The van der Waals surface area contributed by atoms with E-state index < -0.39 is 45.8 Å². The lowest BCUT2D eigenvalue weighted by Crippen LogP contribution is -2.39. The van der Waals surface area contributed by atoms with Gasteiger partial charge in [0.05, 0.1) is 30.8 Å². The van der Waals surface area contributed by atoms with Crippen LogP contribution in [0.4, 0.5) is 32.0 Å². The number of nitrogens with one attached hydrogen (secondary N) is 1. The fourth-order valence-corrected chi connectivity index (χ4v) is 5.14. The van der Waals surface area contributed by atoms with Gasteiger partial charge in [-0.15, -0.1) is 0 Å². The standard InChI is InChI=1S/C28H23F6N3O3S/c29-27(30,31)25-18(8-10-24(39)37-12-14-40-15-13-37)7-9-22(26(25)28(32,33)34)41-21-6-3-5-20(16-21)36-23(38)17-19-4-1-2-11-35-19/h1-11,16H,12-15,17H2,(H,36,38). The molecule has 3 aromatic rings. The van der Waals surface area contributed by atoms with Crippen LogP contribution in [0.3, 0.4) is 0 Å². The summed E-state index contributed by atoms with van der Waals surface area (Å²) in [4.78, 5) is 29.6. The maximum atomic E-state index is 14.2. The lowest BCUT2D eigenvalue weighted by Gasteiger charge is -2.25. The summed E-state index contributed by atoms with van der Waals surface area (Å²) >= 11 is 0.476. The van der Waals surface area contributed by atoms with E-state index in [2.05, 4.69) is 10.3 Å². The van der Waals surface area contributed by atoms with Gasteiger partial charge in [-0.05, 0) is 48.0 Å². The highest BCUT2D eigenvalue weighted by Crippen LogP contribution is 2.48. The van der Waals surface area contributed by atoms with E-state index in [0.717, 1.165) is 24.3 Å². The second-order valence-corrected chi connectivity index (χ2v) is 9.96. The third-order valence-corrected chi connectivity index (χ3v) is 6.96. The molecule has 1 fully saturated rings. The Morgan fingerprint density at radius 2 is 1.68 bits per heavy atom. The number of ether oxygens (including phenoxy) is 1. The molecule has 0 saturated carbocycles. The van der Waals surface area contributed by atoms with Crippen molar-refractivity contribution in [2.75, 3.05) is 31.6 Å². The van der Waals surface area contributed by atoms with Crippen LogP contribution in [-0.4, -0.2) is 48.0 Å². The molecular weight excluding hydrogens is 572 g/mol. The maximum absolute atomic E-state index is 14.2. The number of amides is 2. The van der Waals surface area contributed by atoms with E-state index in [4.69, 9.17) is 4.74 Å². The van der Waals surface area contributed by atoms with E-state index in [1.165, 1.54) is 35.4 Å². The minimum Gasteiger partial charge on any atom is -0.378 e. The van der Waals surface area contributed by atoms with Gasteiger partial charge in [0.25, 0.3) is 0 Å². The molecule has 6 nitrogen and oxygen atoms in total. The minimum atomic E-state index is -5.37. The number of rotatable bonds is 7. The van der Waals surface area contributed by atoms with Gasteiger partial charge in [0.2, 0.25) is 11.8 Å². The second kappa shape index (κ2) is 12.8. The van der Waals surface area contributed by atoms with Crippen LogP contribution in [0.2, 0.25) is 0 Å². The Balaban J connectivity index is 1.62. The van der Waals surface area contributed by atoms with Crippen molar-refractivity contribution in [3.05, 3.63) is 89.3 Å². The molecule has 2 heterocycles. The molecule has 1 N–H and O–H groups in total. The number of pyridine rings is 1. The van der Waals surface area contributed by atoms with Crippen molar-refractivity contribution in [3.8, 4) is 0 Å². The first-order chi connectivity index (χ1) is 19.4. The molecule has 1 aromatic heterocycles. The maximum Gasteiger partial charge on any atom is 0.418 e. The van der Waals surface area contributed by atoms with Gasteiger partial charge in [-0.2, -0.15) is 26.3 Å². The average molecular weight is 596 g/mol. The molecular formula is C28H23F6N3O3S. The van der Waals surface area contributed by atoms with E-state index >= 15 is 0 Å². The van der Waals surface area contributed by atoms with Crippen molar-refractivity contribution in [2.45, 2.75) is 28.6 Å². The number of hydrogen-bond donors (Lipinski definition) is 1. The summed E-state index contributed by atoms with van der Waals surface area (Å²) in [6.07, 6.45) is -7.67. The summed E-state index contributed by atoms with van der Waals surface area (Å²) in [5, 5.41) is 2.61. The largest absolute Gasteiger partial charge is 0.418 e. The second-order valence-electron chi connectivity index (χ2n) is 8.85. The van der Waals surface area contributed by atoms with E-state index in [9.17, 15) is 35.9 Å². The quantitative estimate of drug-likeness (QED) is 0.256. The van der Waals surface area contributed by atoms with E-state index in [0.29, 0.717) is 17.5 Å². The number of halogens is 6. The fraction of sp³-hybridized carbons (Fsp3) is 0.250. The number of carbonyl (C=O) groups is 2. The number of aromatic nitrogens is 1. The topological polar surface area (TPSA) is 71.5 Å². The Labute approximate surface area is 235 Å². The Hall–Kier alpha value is -3.84. The van der Waals surface area contributed by atoms with Gasteiger partial charge in [-0.3, -0.25) is 14.6 Å². The summed E-state index contributed by atoms with van der Waals surface area (Å²) in [5.41, 5.74) is -3.78. The molecule has 4 rings (SSSR count). The van der Waals surface area contributed by atoms with Crippen molar-refractivity contribution in [1.29, 1.82) is 0 Å². The first-order valence-corrected chi connectivity index (χ1v) is 13.1. The van der Waals surface area contributed by atoms with Crippen molar-refractivity contribution >= 4 is 35.3 Å². The SMILES string of the molecule is O=C(Cc1ccccn1)Nc1cccc(Sc2ccc(C=CC(=O)N3CCOCC3)c(C(F)(F)F)c2C(F)(F)F)c1. The molecule has 0 unspecified atom stereocenters. The molecule has 216 valence electrons. The van der Waals surface area contributed by atoms with E-state index in [-0.39, 0.29) is 43.3 Å². The molecule has 41 heavy (non-hydrogen) atoms. The van der Waals surface area contributed by atoms with Gasteiger partial charge in [0, 0.05) is 46.5 Å². The zero-order valence-corrected chi connectivity index (χ0v) is 22.1. The number of morpholine rings is 1. The van der Waals surface area contributed by atoms with E-state index in [1.54, 1.807) is 18.2 Å². The molecule has 1 aliphatic rings. The van der Waals surface area contributed by atoms with Crippen molar-refractivity contribution in [2.24, 2.45) is 0 Å². The van der Waals surface area contributed by atoms with Gasteiger partial charge in [-0.25, -0.2) is 0 Å². The number of carbonyl (C=O) groups excluding carboxylic acids is 2. The molecule has 0 bridgehead atoms. The normalized spacial score (nSPS) is 14.3. The lowest BCUT2D eigenvalue weighted by molar-refractivity contribution is -0.163. The first-order valence-electron chi connectivity index (χ1n) is 12.3. The number of benzene rings is 2. The molecule has 1 aliphatic heterocycles. The monoisotopic (exact) mass is 595 g/mol. The molecule has 0 spiro atoms. The van der Waals surface area contributed by atoms with E-state index in [1.807, 2.05) is 0 Å². The summed E-state index contributed by atoms with van der Waals surface area (Å²) in [6, 6.07) is 12.6. The molecule has 2 aromatic carbocycles. The highest BCUT2D eigenvalue weighted by molar-refractivity contribution is 7.99. The Kier molecular flexibility index (Phi) is 9.38. The Morgan fingerprint density at radius 3 is 2.34 bits per heavy atom. The number of nitrogens with zero attached hydrogens (tertiary/aromatic N) is 2. The summed E-state index contributed by atoms with van der Waals surface area (Å²) in [6.45, 7) is 0.960. The lowest BCUT2D eigenvalue weighted by atomic mass is 9.99. The summed E-state index contributed by atoms with van der Waals surface area (Å²) < 4.78 is 90.0.